The first-order valence-corrected chi connectivity index (χ1v) is 4.52. The van der Waals surface area contributed by atoms with Crippen LogP contribution in [0.1, 0.15) is 24.2 Å². The predicted octanol–water partition coefficient (Wildman–Crippen LogP) is -0.136. The van der Waals surface area contributed by atoms with E-state index in [0.29, 0.717) is 0 Å². The summed E-state index contributed by atoms with van der Waals surface area (Å²) in [4.78, 5) is 10.6. The van der Waals surface area contributed by atoms with Gasteiger partial charge in [0.2, 0.25) is 5.91 Å². The van der Waals surface area contributed by atoms with Crippen molar-refractivity contribution in [3.8, 4) is 0 Å². The van der Waals surface area contributed by atoms with E-state index in [1.807, 2.05) is 27.1 Å². The third-order valence-electron chi connectivity index (χ3n) is 2.10. The van der Waals surface area contributed by atoms with Crippen LogP contribution in [0.25, 0.3) is 0 Å². The van der Waals surface area contributed by atoms with E-state index in [1.54, 1.807) is 4.68 Å². The van der Waals surface area contributed by atoms with E-state index in [4.69, 9.17) is 5.73 Å². The highest BCUT2D eigenvalue weighted by atomic mass is 16.1. The fraction of sp³-hybridized carbons (Fsp3) is 0.556. The van der Waals surface area contributed by atoms with Gasteiger partial charge in [-0.1, -0.05) is 0 Å². The fourth-order valence-corrected chi connectivity index (χ4v) is 1.41. The Labute approximate surface area is 83.3 Å². The first kappa shape index (κ1) is 10.7. The van der Waals surface area contributed by atoms with Crippen molar-refractivity contribution in [2.75, 3.05) is 6.54 Å². The lowest BCUT2D eigenvalue weighted by Crippen LogP contribution is -2.30. The minimum Gasteiger partial charge on any atom is -0.369 e. The minimum atomic E-state index is -0.349. The molecule has 0 aliphatic heterocycles. The van der Waals surface area contributed by atoms with Gasteiger partial charge < -0.3 is 11.1 Å². The van der Waals surface area contributed by atoms with Gasteiger partial charge in [-0.3, -0.25) is 9.48 Å². The molecule has 1 rings (SSSR count). The molecule has 0 radical (unpaired) electrons. The maximum absolute atomic E-state index is 10.6. The van der Waals surface area contributed by atoms with Crippen LogP contribution in [0, 0.1) is 6.92 Å². The number of nitrogens with two attached hydrogens (primary N) is 1. The number of amides is 1. The molecule has 1 aromatic heterocycles. The number of aromatic nitrogens is 2. The van der Waals surface area contributed by atoms with Crippen molar-refractivity contribution in [1.82, 2.24) is 15.1 Å². The van der Waals surface area contributed by atoms with E-state index in [2.05, 4.69) is 10.4 Å². The smallest absolute Gasteiger partial charge is 0.231 e. The molecule has 3 N–H and O–H groups in total. The zero-order chi connectivity index (χ0) is 10.7. The lowest BCUT2D eigenvalue weighted by Gasteiger charge is -2.10. The molecule has 1 unspecified atom stereocenters. The van der Waals surface area contributed by atoms with E-state index in [0.717, 1.165) is 11.3 Å². The lowest BCUT2D eigenvalue weighted by atomic mass is 10.1. The molecule has 0 fully saturated rings. The molecule has 0 saturated carbocycles. The number of primary amides is 1. The van der Waals surface area contributed by atoms with Crippen LogP contribution in [0.15, 0.2) is 6.20 Å². The lowest BCUT2D eigenvalue weighted by molar-refractivity contribution is -0.117. The summed E-state index contributed by atoms with van der Waals surface area (Å²) >= 11 is 0. The molecule has 0 aliphatic carbocycles. The second kappa shape index (κ2) is 4.23. The highest BCUT2D eigenvalue weighted by Crippen LogP contribution is 2.14. The first-order valence-electron chi connectivity index (χ1n) is 4.52. The van der Waals surface area contributed by atoms with Gasteiger partial charge in [0.05, 0.1) is 12.2 Å². The molecule has 0 aliphatic rings. The second-order valence-corrected chi connectivity index (χ2v) is 3.41. The number of carbonyl (C=O) groups is 1. The van der Waals surface area contributed by atoms with E-state index >= 15 is 0 Å². The van der Waals surface area contributed by atoms with Crippen LogP contribution in [-0.2, 0) is 11.8 Å². The number of hydrogen-bond acceptors (Lipinski definition) is 3. The Morgan fingerprint density at radius 1 is 1.79 bits per heavy atom. The van der Waals surface area contributed by atoms with Gasteiger partial charge in [0.15, 0.2) is 0 Å². The molecule has 0 aromatic carbocycles. The second-order valence-electron chi connectivity index (χ2n) is 3.41. The molecular formula is C9H16N4O. The first-order chi connectivity index (χ1) is 6.50. The summed E-state index contributed by atoms with van der Waals surface area (Å²) in [5.41, 5.74) is 7.10. The van der Waals surface area contributed by atoms with Crippen LogP contribution < -0.4 is 11.1 Å². The molecular weight excluding hydrogens is 180 g/mol. The van der Waals surface area contributed by atoms with Crippen LogP contribution in [-0.4, -0.2) is 22.2 Å². The van der Waals surface area contributed by atoms with Crippen molar-refractivity contribution in [3.05, 3.63) is 17.5 Å². The van der Waals surface area contributed by atoms with Crippen molar-refractivity contribution < 1.29 is 4.79 Å². The molecule has 14 heavy (non-hydrogen) atoms. The quantitative estimate of drug-likeness (QED) is 0.704. The molecule has 5 heteroatoms. The fourth-order valence-electron chi connectivity index (χ4n) is 1.41. The van der Waals surface area contributed by atoms with Gasteiger partial charge in [0.1, 0.15) is 0 Å². The monoisotopic (exact) mass is 196 g/mol. The molecule has 1 atom stereocenters. The largest absolute Gasteiger partial charge is 0.369 e. The SMILES string of the molecule is Cc1nn(C)cc1C(C)NCC(N)=O. The number of rotatable bonds is 4. The third-order valence-corrected chi connectivity index (χ3v) is 2.10. The highest BCUT2D eigenvalue weighted by Gasteiger charge is 2.11. The molecule has 0 bridgehead atoms. The zero-order valence-corrected chi connectivity index (χ0v) is 8.74. The summed E-state index contributed by atoms with van der Waals surface area (Å²) in [6, 6.07) is 0.0937. The minimum absolute atomic E-state index is 0.0937. The maximum Gasteiger partial charge on any atom is 0.231 e. The topological polar surface area (TPSA) is 72.9 Å². The van der Waals surface area contributed by atoms with Gasteiger partial charge >= 0.3 is 0 Å². The van der Waals surface area contributed by atoms with Crippen LogP contribution in [0.3, 0.4) is 0 Å². The van der Waals surface area contributed by atoms with Gasteiger partial charge in [0.25, 0.3) is 0 Å². The van der Waals surface area contributed by atoms with Gasteiger partial charge in [-0.15, -0.1) is 0 Å². The third kappa shape index (κ3) is 2.56. The van der Waals surface area contributed by atoms with Crippen LogP contribution in [0.2, 0.25) is 0 Å². The van der Waals surface area contributed by atoms with Crippen LogP contribution in [0.5, 0.6) is 0 Å². The number of aryl methyl sites for hydroxylation is 2. The van der Waals surface area contributed by atoms with Crippen molar-refractivity contribution in [3.63, 3.8) is 0 Å². The standard InChI is InChI=1S/C9H16N4O/c1-6(11-4-9(10)14)8-5-13(3)12-7(8)2/h5-6,11H,4H2,1-3H3,(H2,10,14). The zero-order valence-electron chi connectivity index (χ0n) is 8.74. The van der Waals surface area contributed by atoms with Crippen molar-refractivity contribution >= 4 is 5.91 Å². The van der Waals surface area contributed by atoms with Crippen LogP contribution in [0.4, 0.5) is 0 Å². The number of nitrogens with zero attached hydrogens (tertiary/aromatic N) is 2. The van der Waals surface area contributed by atoms with Crippen LogP contribution >= 0.6 is 0 Å². The van der Waals surface area contributed by atoms with E-state index in [1.165, 1.54) is 0 Å². The molecule has 1 amide bonds. The molecule has 1 heterocycles. The Morgan fingerprint density at radius 2 is 2.43 bits per heavy atom. The Kier molecular flexibility index (Phi) is 3.24. The van der Waals surface area contributed by atoms with Crippen molar-refractivity contribution in [1.29, 1.82) is 0 Å². The molecule has 78 valence electrons. The average molecular weight is 196 g/mol. The number of carbonyl (C=O) groups excluding carboxylic acids is 1. The Hall–Kier alpha value is -1.36. The van der Waals surface area contributed by atoms with E-state index < -0.39 is 0 Å². The summed E-state index contributed by atoms with van der Waals surface area (Å²) in [7, 11) is 1.87. The van der Waals surface area contributed by atoms with Gasteiger partial charge in [-0.2, -0.15) is 5.10 Å². The normalized spacial score (nSPS) is 12.8. The van der Waals surface area contributed by atoms with E-state index in [-0.39, 0.29) is 18.5 Å². The average Bonchev–Trinajstić information content (AvgIpc) is 2.41. The number of nitrogens with one attached hydrogen (secondary N) is 1. The summed E-state index contributed by atoms with van der Waals surface area (Å²) in [6.07, 6.45) is 1.94. The molecule has 0 saturated heterocycles. The Balaban J connectivity index is 2.64. The molecule has 5 nitrogen and oxygen atoms in total. The van der Waals surface area contributed by atoms with Gasteiger partial charge in [-0.05, 0) is 13.8 Å². The van der Waals surface area contributed by atoms with Gasteiger partial charge in [0, 0.05) is 24.8 Å². The molecule has 1 aromatic rings. The Bertz CT molecular complexity index is 332. The number of hydrogen-bond donors (Lipinski definition) is 2. The summed E-state index contributed by atoms with van der Waals surface area (Å²) in [5, 5.41) is 7.24. The van der Waals surface area contributed by atoms with E-state index in [9.17, 15) is 4.79 Å². The maximum atomic E-state index is 10.6. The summed E-state index contributed by atoms with van der Waals surface area (Å²) in [5.74, 6) is -0.349. The Morgan fingerprint density at radius 3 is 2.86 bits per heavy atom. The molecule has 0 spiro atoms. The predicted molar refractivity (Wildman–Crippen MR) is 53.6 cm³/mol. The highest BCUT2D eigenvalue weighted by molar-refractivity contribution is 5.75. The van der Waals surface area contributed by atoms with Crippen molar-refractivity contribution in [2.45, 2.75) is 19.9 Å². The van der Waals surface area contributed by atoms with Gasteiger partial charge in [-0.25, -0.2) is 0 Å². The summed E-state index contributed by atoms with van der Waals surface area (Å²) < 4.78 is 1.76. The van der Waals surface area contributed by atoms with Crippen molar-refractivity contribution in [2.24, 2.45) is 12.8 Å². The summed E-state index contributed by atoms with van der Waals surface area (Å²) in [6.45, 7) is 4.11.